The molecule has 0 spiro atoms. The summed E-state index contributed by atoms with van der Waals surface area (Å²) in [5.41, 5.74) is 1.49. The highest BCUT2D eigenvalue weighted by atomic mass is 14.3. The summed E-state index contributed by atoms with van der Waals surface area (Å²) in [5, 5.41) is 0. The van der Waals surface area contributed by atoms with E-state index in [9.17, 15) is 0 Å². The molecular weight excluding hydrogens is 360 g/mol. The van der Waals surface area contributed by atoms with Crippen LogP contribution in [0.2, 0.25) is 0 Å². The minimum absolute atomic E-state index is 0.798. The molecule has 0 aromatic heterocycles. The van der Waals surface area contributed by atoms with Crippen molar-refractivity contribution in [2.45, 2.75) is 138 Å². The topological polar surface area (TPSA) is 0 Å². The third-order valence-corrected chi connectivity index (χ3v) is 7.93. The number of hydrogen-bond acceptors (Lipinski definition) is 0. The van der Waals surface area contributed by atoms with E-state index in [1.165, 1.54) is 95.5 Å². The van der Waals surface area contributed by atoms with Gasteiger partial charge >= 0.3 is 0 Å². The minimum Gasteiger partial charge on any atom is -0.0988 e. The molecule has 2 aliphatic rings. The van der Waals surface area contributed by atoms with Crippen LogP contribution in [0.15, 0.2) is 24.3 Å². The third kappa shape index (κ3) is 11.2. The van der Waals surface area contributed by atoms with Crippen LogP contribution in [0.1, 0.15) is 138 Å². The van der Waals surface area contributed by atoms with Crippen LogP contribution >= 0.6 is 0 Å². The lowest BCUT2D eigenvalue weighted by molar-refractivity contribution is 0.226. The maximum atomic E-state index is 4.00. The summed E-state index contributed by atoms with van der Waals surface area (Å²) in [6.07, 6.45) is 24.9. The lowest BCUT2D eigenvalue weighted by atomic mass is 9.75. The van der Waals surface area contributed by atoms with Crippen molar-refractivity contribution in [1.29, 1.82) is 0 Å². The Morgan fingerprint density at radius 1 is 0.867 bits per heavy atom. The Labute approximate surface area is 192 Å². The second-order valence-corrected chi connectivity index (χ2v) is 9.51. The van der Waals surface area contributed by atoms with Crippen molar-refractivity contribution >= 4 is 0 Å². The minimum atomic E-state index is 0.798. The van der Waals surface area contributed by atoms with Crippen molar-refractivity contribution in [2.75, 3.05) is 0 Å². The molecule has 0 heterocycles. The third-order valence-electron chi connectivity index (χ3n) is 7.93. The van der Waals surface area contributed by atoms with Gasteiger partial charge in [-0.25, -0.2) is 0 Å². The molecule has 0 amide bonds. The number of hydrogen-bond donors (Lipinski definition) is 0. The summed E-state index contributed by atoms with van der Waals surface area (Å²) in [7, 11) is 0. The quantitative estimate of drug-likeness (QED) is 0.309. The summed E-state index contributed by atoms with van der Waals surface area (Å²) in [4.78, 5) is 0. The van der Waals surface area contributed by atoms with Crippen LogP contribution in [0.4, 0.5) is 0 Å². The first kappa shape index (κ1) is 29.5. The molecule has 0 aliphatic heterocycles. The van der Waals surface area contributed by atoms with Gasteiger partial charge in [0.2, 0.25) is 0 Å². The van der Waals surface area contributed by atoms with Crippen LogP contribution in [0.25, 0.3) is 0 Å². The average molecular weight is 419 g/mol. The normalized spacial score (nSPS) is 24.6. The average Bonchev–Trinajstić information content (AvgIpc) is 2.83. The van der Waals surface area contributed by atoms with Gasteiger partial charge in [-0.3, -0.25) is 0 Å². The van der Waals surface area contributed by atoms with Gasteiger partial charge in [0.25, 0.3) is 0 Å². The predicted octanol–water partition coefficient (Wildman–Crippen LogP) is 10.8. The van der Waals surface area contributed by atoms with Crippen LogP contribution in [-0.4, -0.2) is 0 Å². The van der Waals surface area contributed by atoms with E-state index in [0.29, 0.717) is 0 Å². The van der Waals surface area contributed by atoms with E-state index in [1.807, 2.05) is 27.7 Å². The van der Waals surface area contributed by atoms with Crippen LogP contribution in [-0.2, 0) is 0 Å². The monoisotopic (exact) mass is 418 g/mol. The standard InChI is InChI=1S/C26H46.2C2H6/c1-5-22(14-13-21(4)25-11-9-8-10-12-25)15-16-23-17-19-26(20-18-23)24(6-2)7-3;2*1-2/h6-7,21-23,25-26H,2,5,8-20H2,1,3-4H3;2*1-2H3/b24-7+;;. The van der Waals surface area contributed by atoms with Crippen molar-refractivity contribution < 1.29 is 0 Å². The van der Waals surface area contributed by atoms with E-state index in [4.69, 9.17) is 0 Å². The summed E-state index contributed by atoms with van der Waals surface area (Å²) in [6, 6.07) is 0. The zero-order valence-electron chi connectivity index (χ0n) is 22.1. The Morgan fingerprint density at radius 3 is 1.97 bits per heavy atom. The maximum Gasteiger partial charge on any atom is -0.0165 e. The van der Waals surface area contributed by atoms with E-state index in [-0.39, 0.29) is 0 Å². The lowest BCUT2D eigenvalue weighted by Gasteiger charge is -2.31. The van der Waals surface area contributed by atoms with Crippen molar-refractivity contribution in [2.24, 2.45) is 29.6 Å². The molecule has 2 unspecified atom stereocenters. The highest BCUT2D eigenvalue weighted by Gasteiger charge is 2.24. The van der Waals surface area contributed by atoms with E-state index < -0.39 is 0 Å². The lowest BCUT2D eigenvalue weighted by Crippen LogP contribution is -2.18. The summed E-state index contributed by atoms with van der Waals surface area (Å²) < 4.78 is 0. The molecule has 0 radical (unpaired) electrons. The molecule has 2 fully saturated rings. The molecule has 0 N–H and O–H groups in total. The van der Waals surface area contributed by atoms with E-state index >= 15 is 0 Å². The van der Waals surface area contributed by atoms with Crippen LogP contribution in [0.3, 0.4) is 0 Å². The van der Waals surface area contributed by atoms with E-state index in [0.717, 1.165) is 29.6 Å². The van der Waals surface area contributed by atoms with Crippen LogP contribution in [0, 0.1) is 29.6 Å². The molecule has 2 atom stereocenters. The molecule has 0 bridgehead atoms. The second-order valence-electron chi connectivity index (χ2n) is 9.51. The van der Waals surface area contributed by atoms with Gasteiger partial charge in [-0.2, -0.15) is 0 Å². The molecule has 178 valence electrons. The van der Waals surface area contributed by atoms with E-state index in [1.54, 1.807) is 0 Å². The largest absolute Gasteiger partial charge is 0.0988 e. The van der Waals surface area contributed by atoms with Gasteiger partial charge in [-0.05, 0) is 67.8 Å². The molecule has 0 aromatic rings. The van der Waals surface area contributed by atoms with Crippen molar-refractivity contribution in [3.8, 4) is 0 Å². The smallest absolute Gasteiger partial charge is 0.0165 e. The molecular formula is C30H58. The van der Waals surface area contributed by atoms with Gasteiger partial charge < -0.3 is 0 Å². The maximum absolute atomic E-state index is 4.00. The summed E-state index contributed by atoms with van der Waals surface area (Å²) >= 11 is 0. The first-order chi connectivity index (χ1) is 14.7. The molecule has 0 aromatic carbocycles. The molecule has 0 nitrogen and oxygen atoms in total. The SMILES string of the molecule is C=C/C(=C\C)C1CCC(CCC(CC)CCC(C)C2CCCCC2)CC1.CC.CC. The molecule has 2 rings (SSSR count). The molecule has 0 saturated heterocycles. The van der Waals surface area contributed by atoms with Crippen molar-refractivity contribution in [1.82, 2.24) is 0 Å². The second kappa shape index (κ2) is 19.2. The zero-order chi connectivity index (χ0) is 22.8. The van der Waals surface area contributed by atoms with Crippen molar-refractivity contribution in [3.05, 3.63) is 24.3 Å². The number of rotatable bonds is 10. The number of allylic oxidation sites excluding steroid dienone is 3. The Morgan fingerprint density at radius 2 is 1.47 bits per heavy atom. The van der Waals surface area contributed by atoms with Gasteiger partial charge in [-0.15, -0.1) is 0 Å². The first-order valence-corrected chi connectivity index (χ1v) is 14.0. The highest BCUT2D eigenvalue weighted by Crippen LogP contribution is 2.38. The van der Waals surface area contributed by atoms with Gasteiger partial charge in [0.15, 0.2) is 0 Å². The molecule has 2 aliphatic carbocycles. The Balaban J connectivity index is 0.00000198. The highest BCUT2D eigenvalue weighted by molar-refractivity contribution is 5.19. The Kier molecular flexibility index (Phi) is 18.9. The van der Waals surface area contributed by atoms with E-state index in [2.05, 4.69) is 39.5 Å². The fourth-order valence-corrected chi connectivity index (χ4v) is 5.77. The van der Waals surface area contributed by atoms with Gasteiger partial charge in [-0.1, -0.05) is 124 Å². The zero-order valence-corrected chi connectivity index (χ0v) is 22.1. The van der Waals surface area contributed by atoms with Crippen LogP contribution in [0.5, 0.6) is 0 Å². The van der Waals surface area contributed by atoms with Crippen molar-refractivity contribution in [3.63, 3.8) is 0 Å². The Bertz CT molecular complexity index is 404. The first-order valence-electron chi connectivity index (χ1n) is 14.0. The molecule has 30 heavy (non-hydrogen) atoms. The summed E-state index contributed by atoms with van der Waals surface area (Å²) in [6.45, 7) is 19.1. The fourth-order valence-electron chi connectivity index (χ4n) is 5.77. The van der Waals surface area contributed by atoms with Gasteiger partial charge in [0, 0.05) is 0 Å². The summed E-state index contributed by atoms with van der Waals surface area (Å²) in [5.74, 6) is 4.80. The Hall–Kier alpha value is -0.520. The van der Waals surface area contributed by atoms with Crippen LogP contribution < -0.4 is 0 Å². The predicted molar refractivity (Wildman–Crippen MR) is 140 cm³/mol. The fraction of sp³-hybridized carbons (Fsp3) is 0.867. The van der Waals surface area contributed by atoms with Gasteiger partial charge in [0.1, 0.15) is 0 Å². The molecule has 0 heteroatoms. The van der Waals surface area contributed by atoms with Gasteiger partial charge in [0.05, 0.1) is 0 Å². The molecule has 2 saturated carbocycles.